The number of hydrogen-bond donors (Lipinski definition) is 3. The van der Waals surface area contributed by atoms with Gasteiger partial charge in [0, 0.05) is 12.8 Å². The van der Waals surface area contributed by atoms with E-state index in [4.69, 9.17) is 4.74 Å². The Bertz CT molecular complexity index is 1120. The summed E-state index contributed by atoms with van der Waals surface area (Å²) in [5.74, 6) is -0.0944. The van der Waals surface area contributed by atoms with Crippen LogP contribution in [0.5, 0.6) is 0 Å². The first kappa shape index (κ1) is 67.1. The van der Waals surface area contributed by atoms with E-state index in [1.54, 1.807) is 0 Å². The summed E-state index contributed by atoms with van der Waals surface area (Å²) in [4.78, 5) is 24.6. The molecular formula is C63H119NO5. The second kappa shape index (κ2) is 58.6. The van der Waals surface area contributed by atoms with Crippen molar-refractivity contribution in [1.82, 2.24) is 5.32 Å². The van der Waals surface area contributed by atoms with E-state index in [1.165, 1.54) is 205 Å². The quantitative estimate of drug-likeness (QED) is 0.0321. The van der Waals surface area contributed by atoms with Gasteiger partial charge >= 0.3 is 5.97 Å². The molecule has 2 unspecified atom stereocenters. The summed E-state index contributed by atoms with van der Waals surface area (Å²) in [7, 11) is 0. The Labute approximate surface area is 430 Å². The Hall–Kier alpha value is -1.92. The number of allylic oxidation sites excluding steroid dienone is 6. The lowest BCUT2D eigenvalue weighted by Crippen LogP contribution is -2.45. The molecule has 0 aromatic heterocycles. The number of esters is 1. The number of unbranched alkanes of at least 4 members (excludes halogenated alkanes) is 40. The van der Waals surface area contributed by atoms with E-state index in [2.05, 4.69) is 55.6 Å². The van der Waals surface area contributed by atoms with Gasteiger partial charge in [0.15, 0.2) is 0 Å². The Morgan fingerprint density at radius 3 is 1.13 bits per heavy atom. The molecule has 0 radical (unpaired) electrons. The van der Waals surface area contributed by atoms with Gasteiger partial charge in [0.05, 0.1) is 25.4 Å². The molecule has 0 spiro atoms. The first-order valence-electron chi connectivity index (χ1n) is 30.7. The molecule has 0 aromatic rings. The zero-order valence-corrected chi connectivity index (χ0v) is 46.3. The SMILES string of the molecule is CCCCCC/C=C\C/C=C\CCCCCCCC(=O)OCCCCC/C=C\CCCCCCCC(=O)NC(CO)C(O)CCCCCCCCCCCCCCCCCCCCCCCCCC. The van der Waals surface area contributed by atoms with Crippen LogP contribution < -0.4 is 5.32 Å². The second-order valence-electron chi connectivity index (χ2n) is 21.0. The molecule has 0 fully saturated rings. The van der Waals surface area contributed by atoms with Crippen molar-refractivity contribution in [3.8, 4) is 0 Å². The van der Waals surface area contributed by atoms with Crippen molar-refractivity contribution < 1.29 is 24.5 Å². The molecule has 6 nitrogen and oxygen atoms in total. The Balaban J connectivity index is 3.49. The van der Waals surface area contributed by atoms with Gasteiger partial charge in [0.25, 0.3) is 0 Å². The van der Waals surface area contributed by atoms with Gasteiger partial charge in [-0.15, -0.1) is 0 Å². The van der Waals surface area contributed by atoms with Crippen molar-refractivity contribution in [1.29, 1.82) is 0 Å². The maximum absolute atomic E-state index is 12.5. The smallest absolute Gasteiger partial charge is 0.305 e. The molecule has 69 heavy (non-hydrogen) atoms. The zero-order valence-electron chi connectivity index (χ0n) is 46.3. The molecule has 0 saturated heterocycles. The van der Waals surface area contributed by atoms with Crippen molar-refractivity contribution in [2.24, 2.45) is 0 Å². The van der Waals surface area contributed by atoms with E-state index in [9.17, 15) is 19.8 Å². The fourth-order valence-corrected chi connectivity index (χ4v) is 9.43. The summed E-state index contributed by atoms with van der Waals surface area (Å²) < 4.78 is 5.45. The molecule has 0 rings (SSSR count). The Morgan fingerprint density at radius 2 is 0.725 bits per heavy atom. The number of ether oxygens (including phenoxy) is 1. The van der Waals surface area contributed by atoms with Crippen molar-refractivity contribution in [3.05, 3.63) is 36.5 Å². The number of rotatable bonds is 57. The summed E-state index contributed by atoms with van der Waals surface area (Å²) >= 11 is 0. The third-order valence-electron chi connectivity index (χ3n) is 14.2. The van der Waals surface area contributed by atoms with Crippen molar-refractivity contribution in [2.75, 3.05) is 13.2 Å². The van der Waals surface area contributed by atoms with Crippen LogP contribution in [0, 0.1) is 0 Å². The normalized spacial score (nSPS) is 12.8. The van der Waals surface area contributed by atoms with E-state index in [1.807, 2.05) is 0 Å². The molecule has 0 aromatic carbocycles. The molecule has 0 aliphatic carbocycles. The van der Waals surface area contributed by atoms with E-state index in [0.29, 0.717) is 25.9 Å². The monoisotopic (exact) mass is 970 g/mol. The number of amides is 1. The molecule has 0 aliphatic heterocycles. The fourth-order valence-electron chi connectivity index (χ4n) is 9.43. The topological polar surface area (TPSA) is 95.9 Å². The van der Waals surface area contributed by atoms with Gasteiger partial charge < -0.3 is 20.3 Å². The summed E-state index contributed by atoms with van der Waals surface area (Å²) in [6.07, 6.45) is 72.9. The predicted octanol–water partition coefficient (Wildman–Crippen LogP) is 19.2. The number of carbonyl (C=O) groups is 2. The minimum absolute atomic E-state index is 0.0355. The third kappa shape index (κ3) is 55.2. The Morgan fingerprint density at radius 1 is 0.406 bits per heavy atom. The average molecular weight is 971 g/mol. The maximum Gasteiger partial charge on any atom is 0.305 e. The van der Waals surface area contributed by atoms with Crippen LogP contribution in [-0.4, -0.2) is 47.4 Å². The van der Waals surface area contributed by atoms with Crippen molar-refractivity contribution >= 4 is 11.9 Å². The summed E-state index contributed by atoms with van der Waals surface area (Å²) in [5.41, 5.74) is 0. The van der Waals surface area contributed by atoms with Gasteiger partial charge in [0.1, 0.15) is 0 Å². The van der Waals surface area contributed by atoms with Gasteiger partial charge in [-0.1, -0.05) is 262 Å². The summed E-state index contributed by atoms with van der Waals surface area (Å²) in [6.45, 7) is 4.89. The predicted molar refractivity (Wildman–Crippen MR) is 301 cm³/mol. The van der Waals surface area contributed by atoms with Gasteiger partial charge in [-0.3, -0.25) is 9.59 Å². The molecule has 406 valence electrons. The van der Waals surface area contributed by atoms with Gasteiger partial charge in [-0.05, 0) is 89.9 Å². The van der Waals surface area contributed by atoms with Crippen LogP contribution in [0.4, 0.5) is 0 Å². The minimum Gasteiger partial charge on any atom is -0.466 e. The lowest BCUT2D eigenvalue weighted by molar-refractivity contribution is -0.143. The molecule has 0 aliphatic rings. The molecular weight excluding hydrogens is 851 g/mol. The molecule has 0 bridgehead atoms. The first-order chi connectivity index (χ1) is 34.0. The Kier molecular flexibility index (Phi) is 57.0. The first-order valence-corrected chi connectivity index (χ1v) is 30.7. The number of aliphatic hydroxyl groups excluding tert-OH is 2. The third-order valence-corrected chi connectivity index (χ3v) is 14.2. The highest BCUT2D eigenvalue weighted by molar-refractivity contribution is 5.76. The highest BCUT2D eigenvalue weighted by Crippen LogP contribution is 2.17. The highest BCUT2D eigenvalue weighted by atomic mass is 16.5. The van der Waals surface area contributed by atoms with Crippen LogP contribution in [0.3, 0.4) is 0 Å². The largest absolute Gasteiger partial charge is 0.466 e. The minimum atomic E-state index is -0.683. The molecule has 0 saturated carbocycles. The van der Waals surface area contributed by atoms with Crippen molar-refractivity contribution in [2.45, 2.75) is 341 Å². The van der Waals surface area contributed by atoms with Crippen LogP contribution in [0.15, 0.2) is 36.5 Å². The van der Waals surface area contributed by atoms with Gasteiger partial charge in [-0.25, -0.2) is 0 Å². The lowest BCUT2D eigenvalue weighted by atomic mass is 10.0. The van der Waals surface area contributed by atoms with E-state index < -0.39 is 12.1 Å². The molecule has 6 heteroatoms. The number of carbonyl (C=O) groups excluding carboxylic acids is 2. The summed E-state index contributed by atoms with van der Waals surface area (Å²) in [6, 6.07) is -0.563. The second-order valence-corrected chi connectivity index (χ2v) is 21.0. The van der Waals surface area contributed by atoms with Crippen LogP contribution in [0.2, 0.25) is 0 Å². The van der Waals surface area contributed by atoms with Gasteiger partial charge in [-0.2, -0.15) is 0 Å². The highest BCUT2D eigenvalue weighted by Gasteiger charge is 2.20. The van der Waals surface area contributed by atoms with E-state index in [-0.39, 0.29) is 18.5 Å². The molecule has 0 heterocycles. The summed E-state index contributed by atoms with van der Waals surface area (Å²) in [5, 5.41) is 23.4. The van der Waals surface area contributed by atoms with Crippen LogP contribution in [0.1, 0.15) is 328 Å². The number of hydrogen-bond acceptors (Lipinski definition) is 5. The van der Waals surface area contributed by atoms with Gasteiger partial charge in [0.2, 0.25) is 5.91 Å². The maximum atomic E-state index is 12.5. The van der Waals surface area contributed by atoms with E-state index >= 15 is 0 Å². The molecule has 1 amide bonds. The average Bonchev–Trinajstić information content (AvgIpc) is 3.35. The van der Waals surface area contributed by atoms with Crippen LogP contribution >= 0.6 is 0 Å². The zero-order chi connectivity index (χ0) is 50.0. The van der Waals surface area contributed by atoms with Crippen molar-refractivity contribution in [3.63, 3.8) is 0 Å². The van der Waals surface area contributed by atoms with Crippen LogP contribution in [-0.2, 0) is 14.3 Å². The molecule has 2 atom stereocenters. The number of nitrogens with one attached hydrogen (secondary N) is 1. The van der Waals surface area contributed by atoms with Crippen LogP contribution in [0.25, 0.3) is 0 Å². The fraction of sp³-hybridized carbons (Fsp3) is 0.873. The lowest BCUT2D eigenvalue weighted by Gasteiger charge is -2.22. The standard InChI is InChI=1S/C63H119NO5/c1-3-5-7-9-11-13-15-17-19-21-22-23-24-25-26-27-28-29-31-35-39-43-47-51-55-61(66)60(59-65)64-62(67)56-52-48-44-40-36-33-34-38-42-46-50-54-58-69-63(68)57-53-49-45-41-37-32-30-20-18-16-14-12-10-8-6-4-2/h14,16,20,30,34,38,60-61,65-66H,3-13,15,17-19,21-29,31-33,35-37,39-59H2,1-2H3,(H,64,67)/b16-14-,30-20-,38-34-. The molecule has 3 N–H and O–H groups in total. The number of aliphatic hydroxyl groups is 2. The van der Waals surface area contributed by atoms with E-state index in [0.717, 1.165) is 89.9 Å².